The number of rotatable bonds is 10. The SMILES string of the molecule is CCN(CC(CO)(NC1CC1)C1CC1)C(C)CN(C)C. The third kappa shape index (κ3) is 4.17. The Morgan fingerprint density at radius 2 is 1.90 bits per heavy atom. The summed E-state index contributed by atoms with van der Waals surface area (Å²) in [6, 6.07) is 1.19. The van der Waals surface area contributed by atoms with Gasteiger partial charge in [-0.05, 0) is 59.2 Å². The number of aliphatic hydroxyl groups excluding tert-OH is 1. The zero-order chi connectivity index (χ0) is 14.8. The summed E-state index contributed by atoms with van der Waals surface area (Å²) in [6.07, 6.45) is 5.13. The lowest BCUT2D eigenvalue weighted by Gasteiger charge is -2.41. The molecule has 0 bridgehead atoms. The van der Waals surface area contributed by atoms with E-state index in [1.807, 2.05) is 0 Å². The largest absolute Gasteiger partial charge is 0.394 e. The van der Waals surface area contributed by atoms with E-state index in [4.69, 9.17) is 0 Å². The van der Waals surface area contributed by atoms with E-state index in [9.17, 15) is 5.11 Å². The predicted molar refractivity (Wildman–Crippen MR) is 84.0 cm³/mol. The van der Waals surface area contributed by atoms with Gasteiger partial charge in [0.2, 0.25) is 0 Å². The van der Waals surface area contributed by atoms with Crippen LogP contribution in [0.5, 0.6) is 0 Å². The summed E-state index contributed by atoms with van der Waals surface area (Å²) in [4.78, 5) is 4.78. The monoisotopic (exact) mass is 283 g/mol. The molecule has 2 N–H and O–H groups in total. The fourth-order valence-corrected chi connectivity index (χ4v) is 3.37. The summed E-state index contributed by atoms with van der Waals surface area (Å²) in [5.74, 6) is 0.675. The van der Waals surface area contributed by atoms with E-state index in [0.717, 1.165) is 19.6 Å². The highest BCUT2D eigenvalue weighted by molar-refractivity contribution is 5.06. The minimum Gasteiger partial charge on any atom is -0.394 e. The average molecular weight is 283 g/mol. The number of likely N-dealkylation sites (N-methyl/N-ethyl adjacent to an activating group) is 2. The number of nitrogens with zero attached hydrogens (tertiary/aromatic N) is 2. The number of aliphatic hydroxyl groups is 1. The predicted octanol–water partition coefficient (Wildman–Crippen LogP) is 1.15. The Labute approximate surface area is 124 Å². The minimum atomic E-state index is -0.0578. The Morgan fingerprint density at radius 3 is 2.30 bits per heavy atom. The Morgan fingerprint density at radius 1 is 1.25 bits per heavy atom. The highest BCUT2D eigenvalue weighted by atomic mass is 16.3. The molecule has 0 spiro atoms. The second-order valence-electron chi connectivity index (χ2n) is 7.18. The van der Waals surface area contributed by atoms with Crippen LogP contribution in [0.1, 0.15) is 39.5 Å². The van der Waals surface area contributed by atoms with Gasteiger partial charge in [-0.2, -0.15) is 0 Å². The van der Waals surface area contributed by atoms with Crippen molar-refractivity contribution in [2.45, 2.75) is 57.2 Å². The lowest BCUT2D eigenvalue weighted by Crippen LogP contribution is -2.60. The molecule has 2 atom stereocenters. The van der Waals surface area contributed by atoms with E-state index >= 15 is 0 Å². The Balaban J connectivity index is 2.00. The number of hydrogen-bond acceptors (Lipinski definition) is 4. The van der Waals surface area contributed by atoms with Gasteiger partial charge in [0, 0.05) is 25.2 Å². The van der Waals surface area contributed by atoms with E-state index in [1.165, 1.54) is 25.7 Å². The molecular weight excluding hydrogens is 250 g/mol. The molecule has 2 saturated carbocycles. The van der Waals surface area contributed by atoms with Crippen LogP contribution in [0.4, 0.5) is 0 Å². The maximum Gasteiger partial charge on any atom is 0.0628 e. The van der Waals surface area contributed by atoms with Gasteiger partial charge >= 0.3 is 0 Å². The molecule has 0 aromatic rings. The second-order valence-corrected chi connectivity index (χ2v) is 7.18. The molecule has 2 aliphatic rings. The summed E-state index contributed by atoms with van der Waals surface area (Å²) in [7, 11) is 4.26. The van der Waals surface area contributed by atoms with Crippen molar-refractivity contribution in [1.29, 1.82) is 0 Å². The zero-order valence-corrected chi connectivity index (χ0v) is 13.7. The van der Waals surface area contributed by atoms with Crippen LogP contribution in [0.15, 0.2) is 0 Å². The second kappa shape index (κ2) is 6.73. The van der Waals surface area contributed by atoms with E-state index < -0.39 is 0 Å². The summed E-state index contributed by atoms with van der Waals surface area (Å²) in [5.41, 5.74) is -0.0578. The molecule has 2 aliphatic carbocycles. The van der Waals surface area contributed by atoms with Crippen LogP contribution < -0.4 is 5.32 Å². The van der Waals surface area contributed by atoms with Crippen molar-refractivity contribution < 1.29 is 5.11 Å². The summed E-state index contributed by atoms with van der Waals surface area (Å²) < 4.78 is 0. The third-order valence-corrected chi connectivity index (χ3v) is 4.85. The van der Waals surface area contributed by atoms with Gasteiger partial charge < -0.3 is 15.3 Å². The minimum absolute atomic E-state index is 0.0578. The van der Waals surface area contributed by atoms with Crippen LogP contribution in [0, 0.1) is 5.92 Å². The molecular formula is C16H33N3O. The first-order valence-electron chi connectivity index (χ1n) is 8.28. The lowest BCUT2D eigenvalue weighted by molar-refractivity contribution is 0.0681. The fourth-order valence-electron chi connectivity index (χ4n) is 3.37. The normalized spacial score (nSPS) is 24.1. The fraction of sp³-hybridized carbons (Fsp3) is 1.00. The lowest BCUT2D eigenvalue weighted by atomic mass is 9.92. The van der Waals surface area contributed by atoms with Crippen LogP contribution >= 0.6 is 0 Å². The standard InChI is InChI=1S/C16H33N3O/c1-5-19(13(2)10-18(3)4)11-16(12-20,14-6-7-14)17-15-8-9-15/h13-15,17,20H,5-12H2,1-4H3. The topological polar surface area (TPSA) is 38.7 Å². The summed E-state index contributed by atoms with van der Waals surface area (Å²) in [6.45, 7) is 7.92. The van der Waals surface area contributed by atoms with Gasteiger partial charge in [0.25, 0.3) is 0 Å². The van der Waals surface area contributed by atoms with Crippen LogP contribution in [0.25, 0.3) is 0 Å². The summed E-state index contributed by atoms with van der Waals surface area (Å²) in [5, 5.41) is 13.9. The van der Waals surface area contributed by atoms with Gasteiger partial charge in [0.1, 0.15) is 0 Å². The molecule has 0 saturated heterocycles. The maximum absolute atomic E-state index is 10.1. The van der Waals surface area contributed by atoms with Gasteiger partial charge in [0.15, 0.2) is 0 Å². The molecule has 2 fully saturated rings. The maximum atomic E-state index is 10.1. The van der Waals surface area contributed by atoms with Crippen LogP contribution in [0.2, 0.25) is 0 Å². The Hall–Kier alpha value is -0.160. The molecule has 118 valence electrons. The Bertz CT molecular complexity index is 302. The number of hydrogen-bond donors (Lipinski definition) is 2. The Kier molecular flexibility index (Phi) is 5.46. The van der Waals surface area contributed by atoms with Crippen molar-refractivity contribution in [3.8, 4) is 0 Å². The highest BCUT2D eigenvalue weighted by Crippen LogP contribution is 2.42. The molecule has 4 nitrogen and oxygen atoms in total. The van der Waals surface area contributed by atoms with E-state index in [-0.39, 0.29) is 12.1 Å². The summed E-state index contributed by atoms with van der Waals surface area (Å²) >= 11 is 0. The van der Waals surface area contributed by atoms with Gasteiger partial charge in [-0.15, -0.1) is 0 Å². The van der Waals surface area contributed by atoms with Crippen molar-refractivity contribution in [3.63, 3.8) is 0 Å². The first kappa shape index (κ1) is 16.2. The van der Waals surface area contributed by atoms with Crippen molar-refractivity contribution in [3.05, 3.63) is 0 Å². The van der Waals surface area contributed by atoms with Gasteiger partial charge in [-0.1, -0.05) is 6.92 Å². The molecule has 0 aromatic carbocycles. The first-order valence-corrected chi connectivity index (χ1v) is 8.28. The smallest absolute Gasteiger partial charge is 0.0628 e. The molecule has 0 amide bonds. The zero-order valence-electron chi connectivity index (χ0n) is 13.7. The molecule has 0 aromatic heterocycles. The molecule has 0 aliphatic heterocycles. The van der Waals surface area contributed by atoms with Crippen LogP contribution in [-0.2, 0) is 0 Å². The van der Waals surface area contributed by atoms with Gasteiger partial charge in [-0.25, -0.2) is 0 Å². The van der Waals surface area contributed by atoms with Gasteiger partial charge in [-0.3, -0.25) is 4.90 Å². The first-order chi connectivity index (χ1) is 9.50. The van der Waals surface area contributed by atoms with Crippen molar-refractivity contribution in [2.24, 2.45) is 5.92 Å². The van der Waals surface area contributed by atoms with E-state index in [2.05, 4.69) is 43.1 Å². The quantitative estimate of drug-likeness (QED) is 0.631. The highest BCUT2D eigenvalue weighted by Gasteiger charge is 2.48. The molecule has 4 heteroatoms. The van der Waals surface area contributed by atoms with Crippen molar-refractivity contribution in [1.82, 2.24) is 15.1 Å². The third-order valence-electron chi connectivity index (χ3n) is 4.85. The molecule has 20 heavy (non-hydrogen) atoms. The molecule has 2 rings (SSSR count). The molecule has 2 unspecified atom stereocenters. The van der Waals surface area contributed by atoms with Crippen molar-refractivity contribution >= 4 is 0 Å². The van der Waals surface area contributed by atoms with Gasteiger partial charge in [0.05, 0.1) is 12.1 Å². The molecule has 0 heterocycles. The van der Waals surface area contributed by atoms with Crippen LogP contribution in [0.3, 0.4) is 0 Å². The van der Waals surface area contributed by atoms with Crippen LogP contribution in [-0.4, -0.2) is 72.9 Å². The van der Waals surface area contributed by atoms with E-state index in [0.29, 0.717) is 18.0 Å². The van der Waals surface area contributed by atoms with E-state index in [1.54, 1.807) is 0 Å². The average Bonchev–Trinajstić information content (AvgIpc) is 3.26. The van der Waals surface area contributed by atoms with Crippen molar-refractivity contribution in [2.75, 3.05) is 40.3 Å². The molecule has 0 radical (unpaired) electrons. The number of nitrogens with one attached hydrogen (secondary N) is 1.